The highest BCUT2D eigenvalue weighted by Gasteiger charge is 2.66. The minimum absolute atomic E-state index is 0.327. The first-order valence-corrected chi connectivity index (χ1v) is 10.5. The Balaban J connectivity index is 1.85. The summed E-state index contributed by atoms with van der Waals surface area (Å²) >= 11 is 0. The maximum absolute atomic E-state index is 13.1. The van der Waals surface area contributed by atoms with Crippen LogP contribution in [0.1, 0.15) is 51.7 Å². The molecule has 0 spiro atoms. The fraction of sp³-hybridized carbons (Fsp3) is 0.609. The topological polar surface area (TPSA) is 112 Å². The van der Waals surface area contributed by atoms with Crippen LogP contribution < -0.4 is 0 Å². The molecule has 8 heteroatoms. The molecule has 1 saturated carbocycles. The molecule has 2 heterocycles. The molecule has 1 aromatic rings. The number of methoxy groups -OCH3 is 1. The molecular weight excluding hydrogens is 404 g/mol. The van der Waals surface area contributed by atoms with Crippen LogP contribution in [0, 0.1) is 22.7 Å². The number of aliphatic hydroxyl groups is 1. The Kier molecular flexibility index (Phi) is 5.24. The third kappa shape index (κ3) is 3.28. The highest BCUT2D eigenvalue weighted by Crippen LogP contribution is 2.65. The van der Waals surface area contributed by atoms with Gasteiger partial charge in [-0.25, -0.2) is 4.79 Å². The lowest BCUT2D eigenvalue weighted by Crippen LogP contribution is -2.63. The van der Waals surface area contributed by atoms with Gasteiger partial charge in [-0.1, -0.05) is 13.8 Å². The van der Waals surface area contributed by atoms with Gasteiger partial charge >= 0.3 is 17.9 Å². The molecule has 8 nitrogen and oxygen atoms in total. The zero-order valence-electron chi connectivity index (χ0n) is 18.1. The fourth-order valence-electron chi connectivity index (χ4n) is 6.27. The molecule has 1 aliphatic heterocycles. The summed E-state index contributed by atoms with van der Waals surface area (Å²) in [5.74, 6) is -2.33. The molecule has 7 atom stereocenters. The van der Waals surface area contributed by atoms with E-state index in [0.29, 0.717) is 24.8 Å². The van der Waals surface area contributed by atoms with E-state index >= 15 is 0 Å². The zero-order chi connectivity index (χ0) is 22.6. The summed E-state index contributed by atoms with van der Waals surface area (Å²) in [6.45, 7) is 5.18. The van der Waals surface area contributed by atoms with Gasteiger partial charge in [0.1, 0.15) is 18.3 Å². The average molecular weight is 432 g/mol. The van der Waals surface area contributed by atoms with E-state index < -0.39 is 52.9 Å². The molecule has 0 bridgehead atoms. The molecule has 0 aromatic carbocycles. The van der Waals surface area contributed by atoms with Gasteiger partial charge in [0.05, 0.1) is 25.6 Å². The van der Waals surface area contributed by atoms with Crippen LogP contribution in [0.15, 0.2) is 34.7 Å². The lowest BCUT2D eigenvalue weighted by Gasteiger charge is -2.61. The van der Waals surface area contributed by atoms with Gasteiger partial charge in [-0.3, -0.25) is 9.59 Å². The van der Waals surface area contributed by atoms with Crippen LogP contribution in [-0.2, 0) is 28.6 Å². The largest absolute Gasteiger partial charge is 0.472 e. The third-order valence-electron chi connectivity index (χ3n) is 7.55. The number of carbonyl (C=O) groups excluding carboxylic acids is 3. The summed E-state index contributed by atoms with van der Waals surface area (Å²) in [5.41, 5.74) is -0.367. The maximum Gasteiger partial charge on any atom is 0.334 e. The van der Waals surface area contributed by atoms with Crippen molar-refractivity contribution in [3.63, 3.8) is 0 Å². The molecule has 7 unspecified atom stereocenters. The van der Waals surface area contributed by atoms with Crippen LogP contribution in [-0.4, -0.2) is 42.3 Å². The highest BCUT2D eigenvalue weighted by molar-refractivity contribution is 5.90. The monoisotopic (exact) mass is 432 g/mol. The van der Waals surface area contributed by atoms with Crippen molar-refractivity contribution >= 4 is 17.9 Å². The van der Waals surface area contributed by atoms with E-state index in [4.69, 9.17) is 18.6 Å². The van der Waals surface area contributed by atoms with Crippen LogP contribution in [0.2, 0.25) is 0 Å². The molecule has 2 fully saturated rings. The summed E-state index contributed by atoms with van der Waals surface area (Å²) in [6.07, 6.45) is 3.33. The van der Waals surface area contributed by atoms with Gasteiger partial charge in [0, 0.05) is 29.4 Å². The SMILES string of the molecule is COC(=O)C1=CC(O)C(OC(C)=O)C2C1(C)CCC1C(=O)OC(c3ccoc3)CC12C. The number of cyclic esters (lactones) is 1. The predicted octanol–water partition coefficient (Wildman–Crippen LogP) is 2.71. The van der Waals surface area contributed by atoms with E-state index in [-0.39, 0.29) is 5.97 Å². The van der Waals surface area contributed by atoms with E-state index in [2.05, 4.69) is 0 Å². The Morgan fingerprint density at radius 3 is 2.65 bits per heavy atom. The summed E-state index contributed by atoms with van der Waals surface area (Å²) < 4.78 is 21.6. The van der Waals surface area contributed by atoms with Crippen LogP contribution in [0.25, 0.3) is 0 Å². The summed E-state index contributed by atoms with van der Waals surface area (Å²) in [4.78, 5) is 37.7. The van der Waals surface area contributed by atoms with Crippen molar-refractivity contribution in [1.29, 1.82) is 0 Å². The van der Waals surface area contributed by atoms with Gasteiger partial charge in [-0.15, -0.1) is 0 Å². The number of ether oxygens (including phenoxy) is 3. The molecule has 0 radical (unpaired) electrons. The number of esters is 3. The zero-order valence-corrected chi connectivity index (χ0v) is 18.1. The van der Waals surface area contributed by atoms with Crippen molar-refractivity contribution in [3.8, 4) is 0 Å². The lowest BCUT2D eigenvalue weighted by atomic mass is 9.44. The van der Waals surface area contributed by atoms with Crippen molar-refractivity contribution < 1.29 is 38.1 Å². The number of rotatable bonds is 3. The number of carbonyl (C=O) groups is 3. The van der Waals surface area contributed by atoms with E-state index in [1.807, 2.05) is 13.8 Å². The molecule has 3 aliphatic rings. The van der Waals surface area contributed by atoms with E-state index in [0.717, 1.165) is 5.56 Å². The molecule has 4 rings (SSSR count). The first-order valence-electron chi connectivity index (χ1n) is 10.5. The van der Waals surface area contributed by atoms with Crippen molar-refractivity contribution in [2.24, 2.45) is 22.7 Å². The summed E-state index contributed by atoms with van der Waals surface area (Å²) in [6, 6.07) is 1.75. The molecule has 1 N–H and O–H groups in total. The molecule has 1 saturated heterocycles. The normalized spacial score (nSPS) is 39.5. The number of fused-ring (bicyclic) bond motifs is 3. The smallest absolute Gasteiger partial charge is 0.334 e. The van der Waals surface area contributed by atoms with Gasteiger partial charge in [0.15, 0.2) is 0 Å². The van der Waals surface area contributed by atoms with Crippen molar-refractivity contribution in [3.05, 3.63) is 35.8 Å². The Morgan fingerprint density at radius 2 is 2.03 bits per heavy atom. The third-order valence-corrected chi connectivity index (χ3v) is 7.55. The molecular formula is C23H28O8. The van der Waals surface area contributed by atoms with Crippen LogP contribution in [0.5, 0.6) is 0 Å². The van der Waals surface area contributed by atoms with Crippen LogP contribution in [0.3, 0.4) is 0 Å². The Labute approximate surface area is 180 Å². The van der Waals surface area contributed by atoms with Crippen molar-refractivity contribution in [1.82, 2.24) is 0 Å². The molecule has 2 aliphatic carbocycles. The van der Waals surface area contributed by atoms with E-state index in [9.17, 15) is 19.5 Å². The van der Waals surface area contributed by atoms with Gasteiger partial charge in [0.2, 0.25) is 0 Å². The average Bonchev–Trinajstić information content (AvgIpc) is 3.23. The first-order chi connectivity index (χ1) is 14.6. The highest BCUT2D eigenvalue weighted by atomic mass is 16.6. The number of furan rings is 1. The van der Waals surface area contributed by atoms with Crippen molar-refractivity contribution in [2.45, 2.75) is 58.3 Å². The van der Waals surface area contributed by atoms with Crippen LogP contribution in [0.4, 0.5) is 0 Å². The van der Waals surface area contributed by atoms with Gasteiger partial charge < -0.3 is 23.7 Å². The second-order valence-corrected chi connectivity index (χ2v) is 9.32. The Hall–Kier alpha value is -2.61. The molecule has 1 aromatic heterocycles. The number of hydrogen-bond donors (Lipinski definition) is 1. The lowest BCUT2D eigenvalue weighted by molar-refractivity contribution is -0.213. The summed E-state index contributed by atoms with van der Waals surface area (Å²) in [7, 11) is 1.30. The number of aliphatic hydroxyl groups excluding tert-OH is 1. The second kappa shape index (κ2) is 7.51. The molecule has 31 heavy (non-hydrogen) atoms. The van der Waals surface area contributed by atoms with Gasteiger partial charge in [-0.05, 0) is 36.8 Å². The Morgan fingerprint density at radius 1 is 1.29 bits per heavy atom. The second-order valence-electron chi connectivity index (χ2n) is 9.32. The van der Waals surface area contributed by atoms with Gasteiger partial charge in [-0.2, -0.15) is 0 Å². The summed E-state index contributed by atoms with van der Waals surface area (Å²) in [5, 5.41) is 10.9. The maximum atomic E-state index is 13.1. The van der Waals surface area contributed by atoms with Crippen LogP contribution >= 0.6 is 0 Å². The quantitative estimate of drug-likeness (QED) is 0.573. The van der Waals surface area contributed by atoms with Crippen molar-refractivity contribution in [2.75, 3.05) is 7.11 Å². The standard InChI is InChI=1S/C23H28O8/c1-12(24)30-18-16(25)9-15(20(26)28-4)22(2)7-5-14-21(27)31-17(13-6-8-29-11-13)10-23(14,3)19(18)22/h6,8-9,11,14,16-19,25H,5,7,10H2,1-4H3. The van der Waals surface area contributed by atoms with E-state index in [1.54, 1.807) is 12.3 Å². The Bertz CT molecular complexity index is 918. The molecule has 0 amide bonds. The minimum atomic E-state index is -1.20. The first kappa shape index (κ1) is 21.6. The van der Waals surface area contributed by atoms with Gasteiger partial charge in [0.25, 0.3) is 0 Å². The fourth-order valence-corrected chi connectivity index (χ4v) is 6.27. The molecule has 168 valence electrons. The predicted molar refractivity (Wildman–Crippen MR) is 106 cm³/mol. The van der Waals surface area contributed by atoms with E-state index in [1.165, 1.54) is 26.4 Å². The number of hydrogen-bond acceptors (Lipinski definition) is 8. The minimum Gasteiger partial charge on any atom is -0.472 e.